The molecule has 3 amide bonds. The van der Waals surface area contributed by atoms with E-state index < -0.39 is 57.0 Å². The molecular weight excluding hydrogens is 702 g/mol. The summed E-state index contributed by atoms with van der Waals surface area (Å²) in [7, 11) is -8.75. The number of nitrogens with one attached hydrogen (secondary N) is 1. The summed E-state index contributed by atoms with van der Waals surface area (Å²) in [5, 5.41) is 2.68. The summed E-state index contributed by atoms with van der Waals surface area (Å²) in [5.74, 6) is -2.24. The van der Waals surface area contributed by atoms with E-state index in [1.807, 2.05) is 0 Å². The molecule has 51 heavy (non-hydrogen) atoms. The number of hydrogen-bond acceptors (Lipinski definition) is 6. The monoisotopic (exact) mass is 736 g/mol. The van der Waals surface area contributed by atoms with Gasteiger partial charge in [0.25, 0.3) is 5.91 Å². The van der Waals surface area contributed by atoms with Gasteiger partial charge in [-0.2, -0.15) is 0 Å². The Morgan fingerprint density at radius 3 is 2.27 bits per heavy atom. The molecule has 3 aromatic carbocycles. The predicted octanol–water partition coefficient (Wildman–Crippen LogP) is 7.74. The first kappa shape index (κ1) is 37.2. The molecule has 9 nitrogen and oxygen atoms in total. The van der Waals surface area contributed by atoms with Crippen molar-refractivity contribution in [2.24, 2.45) is 0 Å². The van der Waals surface area contributed by atoms with Gasteiger partial charge in [-0.1, -0.05) is 68.0 Å². The van der Waals surface area contributed by atoms with Crippen molar-refractivity contribution >= 4 is 33.8 Å². The fraction of sp³-hybridized carbons (Fsp3) is 0.257. The van der Waals surface area contributed by atoms with Crippen LogP contribution in [0.4, 0.5) is 34.3 Å². The summed E-state index contributed by atoms with van der Waals surface area (Å²) < 4.78 is 93.2. The van der Waals surface area contributed by atoms with Crippen LogP contribution < -0.4 is 10.2 Å². The van der Waals surface area contributed by atoms with Crippen molar-refractivity contribution in [1.82, 2.24) is 15.2 Å². The van der Waals surface area contributed by atoms with Crippen LogP contribution in [0.5, 0.6) is 0 Å². The molecule has 4 aromatic rings. The van der Waals surface area contributed by atoms with E-state index in [0.717, 1.165) is 9.80 Å². The first-order chi connectivity index (χ1) is 24.0. The number of benzene rings is 3. The molecule has 0 saturated carbocycles. The Morgan fingerprint density at radius 2 is 1.65 bits per heavy atom. The van der Waals surface area contributed by atoms with Crippen molar-refractivity contribution in [3.05, 3.63) is 126 Å². The molecule has 0 aliphatic carbocycles. The average Bonchev–Trinajstić information content (AvgIpc) is 3.54. The van der Waals surface area contributed by atoms with Gasteiger partial charge in [0.05, 0.1) is 12.6 Å². The molecule has 1 aromatic heterocycles. The maximum atomic E-state index is 14.7. The fourth-order valence-electron chi connectivity index (χ4n) is 5.71. The van der Waals surface area contributed by atoms with Gasteiger partial charge < -0.3 is 14.8 Å². The second-order valence-electron chi connectivity index (χ2n) is 11.8. The van der Waals surface area contributed by atoms with Crippen LogP contribution in [-0.2, 0) is 32.1 Å². The molecule has 1 aliphatic rings. The Balaban J connectivity index is 1.53. The number of pyridine rings is 1. The predicted molar refractivity (Wildman–Crippen MR) is 178 cm³/mol. The smallest absolute Gasteiger partial charge is 0.410 e. The summed E-state index contributed by atoms with van der Waals surface area (Å²) in [6, 6.07) is 15.9. The van der Waals surface area contributed by atoms with Gasteiger partial charge in [0, 0.05) is 43.7 Å². The number of anilines is 1. The highest BCUT2D eigenvalue weighted by Crippen LogP contribution is 3.02. The molecular formula is C35H34F6N4O5S. The molecule has 3 atom stereocenters. The van der Waals surface area contributed by atoms with Gasteiger partial charge in [-0.05, 0) is 60.0 Å². The van der Waals surface area contributed by atoms with Crippen LogP contribution in [0.15, 0.2) is 108 Å². The van der Waals surface area contributed by atoms with Crippen LogP contribution in [0, 0.1) is 5.82 Å². The summed E-state index contributed by atoms with van der Waals surface area (Å²) in [4.78, 5) is 45.9. The molecule has 272 valence electrons. The zero-order valence-electron chi connectivity index (χ0n) is 27.1. The first-order valence-electron chi connectivity index (χ1n) is 15.6. The summed E-state index contributed by atoms with van der Waals surface area (Å²) in [6.45, 7) is -0.285. The van der Waals surface area contributed by atoms with Crippen LogP contribution in [-0.4, -0.2) is 60.1 Å². The Morgan fingerprint density at radius 1 is 0.941 bits per heavy atom. The highest BCUT2D eigenvalue weighted by molar-refractivity contribution is 8.45. The van der Waals surface area contributed by atoms with Gasteiger partial charge in [-0.15, -0.1) is 0 Å². The zero-order chi connectivity index (χ0) is 36.9. The van der Waals surface area contributed by atoms with Crippen molar-refractivity contribution in [2.45, 2.75) is 42.5 Å². The quantitative estimate of drug-likeness (QED) is 0.150. The number of hydrogen-bond donors (Lipinski definition) is 1. The number of methoxy groups -OCH3 is 1. The van der Waals surface area contributed by atoms with Gasteiger partial charge in [-0.3, -0.25) is 24.4 Å². The molecule has 0 bridgehead atoms. The fourth-order valence-corrected chi connectivity index (χ4v) is 6.36. The van der Waals surface area contributed by atoms with Gasteiger partial charge >= 0.3 is 16.3 Å². The Bertz CT molecular complexity index is 1860. The summed E-state index contributed by atoms with van der Waals surface area (Å²) >= 11 is 0. The van der Waals surface area contributed by atoms with E-state index in [1.165, 1.54) is 49.8 Å². The highest BCUT2D eigenvalue weighted by Gasteiger charge is 2.65. The SMILES string of the molecule is CO[C@@H]1C[C@H](C(=O)N(c2ccc(S(F)(F)(F)(F)F)cc2)C(C(=O)NCCc2cccc(F)c2)c2cccnc2)N(C(=O)OCc2ccccc2)C1. The lowest BCUT2D eigenvalue weighted by atomic mass is 10.0. The van der Waals surface area contributed by atoms with Crippen molar-refractivity contribution in [1.29, 1.82) is 0 Å². The molecule has 0 spiro atoms. The number of rotatable bonds is 12. The number of nitrogens with zero attached hydrogens (tertiary/aromatic N) is 3. The van der Waals surface area contributed by atoms with Crippen LogP contribution in [0.2, 0.25) is 0 Å². The van der Waals surface area contributed by atoms with Gasteiger partial charge in [-0.25, -0.2) is 9.18 Å². The highest BCUT2D eigenvalue weighted by atomic mass is 32.5. The van der Waals surface area contributed by atoms with Crippen LogP contribution in [0.1, 0.15) is 29.2 Å². The largest absolute Gasteiger partial charge is 0.445 e. The van der Waals surface area contributed by atoms with E-state index in [-0.39, 0.29) is 55.9 Å². The van der Waals surface area contributed by atoms with Gasteiger partial charge in [0.15, 0.2) is 0 Å². The molecule has 1 unspecified atom stereocenters. The summed E-state index contributed by atoms with van der Waals surface area (Å²) in [6.07, 6.45) is 1.18. The number of carbonyl (C=O) groups is 3. The molecule has 1 N–H and O–H groups in total. The molecule has 16 heteroatoms. The number of amides is 3. The number of ether oxygens (including phenoxy) is 2. The Kier molecular flexibility index (Phi) is 10.4. The zero-order valence-corrected chi connectivity index (χ0v) is 28.0. The second-order valence-corrected chi connectivity index (χ2v) is 14.2. The van der Waals surface area contributed by atoms with Crippen LogP contribution >= 0.6 is 10.2 Å². The van der Waals surface area contributed by atoms with Crippen molar-refractivity contribution in [3.8, 4) is 0 Å². The van der Waals surface area contributed by atoms with E-state index in [4.69, 9.17) is 9.47 Å². The topological polar surface area (TPSA) is 101 Å². The molecule has 1 aliphatic heterocycles. The lowest BCUT2D eigenvalue weighted by Gasteiger charge is -2.41. The van der Waals surface area contributed by atoms with E-state index in [9.17, 15) is 38.2 Å². The third-order valence-corrected chi connectivity index (χ3v) is 9.39. The number of halogens is 6. The number of carbonyl (C=O) groups excluding carboxylic acids is 3. The number of aromatic nitrogens is 1. The van der Waals surface area contributed by atoms with E-state index in [1.54, 1.807) is 36.4 Å². The second kappa shape index (κ2) is 14.3. The number of likely N-dealkylation sites (tertiary alicyclic amines) is 1. The van der Waals surface area contributed by atoms with Crippen molar-refractivity contribution < 1.29 is 47.7 Å². The lowest BCUT2D eigenvalue weighted by molar-refractivity contribution is -0.128. The Hall–Kier alpha value is -5.09. The lowest BCUT2D eigenvalue weighted by Crippen LogP contribution is -2.52. The average molecular weight is 737 g/mol. The van der Waals surface area contributed by atoms with E-state index in [2.05, 4.69) is 10.3 Å². The normalized spacial score (nSPS) is 17.9. The maximum Gasteiger partial charge on any atom is 0.410 e. The minimum atomic E-state index is -10.1. The summed E-state index contributed by atoms with van der Waals surface area (Å²) in [5.41, 5.74) is 0.978. The van der Waals surface area contributed by atoms with Crippen molar-refractivity contribution in [3.63, 3.8) is 0 Å². The van der Waals surface area contributed by atoms with Gasteiger partial charge in [0.1, 0.15) is 29.4 Å². The van der Waals surface area contributed by atoms with E-state index in [0.29, 0.717) is 23.3 Å². The van der Waals surface area contributed by atoms with Crippen LogP contribution in [0.25, 0.3) is 0 Å². The van der Waals surface area contributed by atoms with Gasteiger partial charge in [0.2, 0.25) is 5.91 Å². The minimum absolute atomic E-state index is 0.0443. The molecule has 5 rings (SSSR count). The molecule has 1 fully saturated rings. The molecule has 0 radical (unpaired) electrons. The third kappa shape index (κ3) is 9.38. The molecule has 2 heterocycles. The van der Waals surface area contributed by atoms with Crippen LogP contribution in [0.3, 0.4) is 0 Å². The third-order valence-electron chi connectivity index (χ3n) is 8.23. The standard InChI is InChI=1S/C35H34F6N4O5S/c1-49-29-20-31(44(22-29)35(48)50-23-25-7-3-2-4-8-25)34(47)45(28-12-14-30(15-13-28)51(37,38,39,40)41)32(26-10-6-17-42-21-26)33(46)43-18-16-24-9-5-11-27(36)19-24/h2-15,17,19,21,29,31-32H,16,18,20,22-23H2,1H3,(H,43,46)/t29-,31-,32?/m1/s1. The molecule has 1 saturated heterocycles. The van der Waals surface area contributed by atoms with Crippen molar-refractivity contribution in [2.75, 3.05) is 25.1 Å². The minimum Gasteiger partial charge on any atom is -0.445 e. The first-order valence-corrected chi connectivity index (χ1v) is 17.6. The van der Waals surface area contributed by atoms with E-state index >= 15 is 0 Å². The Labute approximate surface area is 289 Å². The maximum absolute atomic E-state index is 14.7.